The van der Waals surface area contributed by atoms with Crippen LogP contribution in [-0.2, 0) is 11.2 Å². The van der Waals surface area contributed by atoms with Gasteiger partial charge in [-0.3, -0.25) is 4.79 Å². The first kappa shape index (κ1) is 13.5. The summed E-state index contributed by atoms with van der Waals surface area (Å²) in [6, 6.07) is 5.82. The van der Waals surface area contributed by atoms with Crippen LogP contribution in [0.3, 0.4) is 0 Å². The van der Waals surface area contributed by atoms with Crippen LogP contribution in [0.25, 0.3) is 11.1 Å². The molecule has 0 aliphatic carbocycles. The zero-order valence-corrected chi connectivity index (χ0v) is 11.5. The summed E-state index contributed by atoms with van der Waals surface area (Å²) < 4.78 is 5.62. The third-order valence-electron chi connectivity index (χ3n) is 2.87. The number of aromatic nitrogens is 1. The molecule has 0 aliphatic heterocycles. The number of rotatable bonds is 4. The number of aryl methyl sites for hydroxylation is 1. The van der Waals surface area contributed by atoms with Gasteiger partial charge in [0.15, 0.2) is 11.5 Å². The van der Waals surface area contributed by atoms with Gasteiger partial charge in [0.05, 0.1) is 5.54 Å². The second-order valence-electron chi connectivity index (χ2n) is 5.26. The zero-order chi connectivity index (χ0) is 14.0. The van der Waals surface area contributed by atoms with Crippen molar-refractivity contribution in [3.63, 3.8) is 0 Å². The molecule has 0 radical (unpaired) electrons. The van der Waals surface area contributed by atoms with Crippen molar-refractivity contribution in [2.75, 3.05) is 6.54 Å². The number of hydrogen-bond acceptors (Lipinski definition) is 4. The number of nitrogens with two attached hydrogens (primary N) is 1. The van der Waals surface area contributed by atoms with Crippen molar-refractivity contribution in [2.45, 2.75) is 32.7 Å². The molecule has 1 aromatic carbocycles. The maximum absolute atomic E-state index is 11.6. The minimum atomic E-state index is -0.863. The average molecular weight is 261 g/mol. The lowest BCUT2D eigenvalue weighted by atomic mass is 10.1. The van der Waals surface area contributed by atoms with Crippen LogP contribution in [0.1, 0.15) is 25.3 Å². The van der Waals surface area contributed by atoms with Gasteiger partial charge >= 0.3 is 0 Å². The van der Waals surface area contributed by atoms with E-state index in [0.717, 1.165) is 16.7 Å². The smallest absolute Gasteiger partial charge is 0.239 e. The molecule has 0 spiro atoms. The first-order valence-corrected chi connectivity index (χ1v) is 6.30. The second-order valence-corrected chi connectivity index (χ2v) is 5.26. The van der Waals surface area contributed by atoms with Gasteiger partial charge in [-0.2, -0.15) is 0 Å². The predicted molar refractivity (Wildman–Crippen MR) is 73.7 cm³/mol. The molecule has 2 rings (SSSR count). The molecular formula is C14H19N3O2. The quantitative estimate of drug-likeness (QED) is 0.874. The number of nitrogens with one attached hydrogen (secondary N) is 1. The van der Waals surface area contributed by atoms with Crippen LogP contribution in [0.15, 0.2) is 22.6 Å². The predicted octanol–water partition coefficient (Wildman–Crippen LogP) is 1.53. The molecule has 102 valence electrons. The Bertz CT molecular complexity index is 596. The maximum Gasteiger partial charge on any atom is 0.239 e. The van der Waals surface area contributed by atoms with E-state index < -0.39 is 5.54 Å². The Balaban J connectivity index is 1.99. The van der Waals surface area contributed by atoms with Crippen molar-refractivity contribution in [1.82, 2.24) is 10.3 Å². The van der Waals surface area contributed by atoms with E-state index in [1.165, 1.54) is 0 Å². The van der Waals surface area contributed by atoms with Crippen LogP contribution < -0.4 is 11.1 Å². The van der Waals surface area contributed by atoms with Crippen LogP contribution in [0, 0.1) is 6.92 Å². The fourth-order valence-electron chi connectivity index (χ4n) is 1.75. The normalized spacial score (nSPS) is 11.8. The number of carbonyl (C=O) groups is 1. The Labute approximate surface area is 112 Å². The summed E-state index contributed by atoms with van der Waals surface area (Å²) in [5, 5.41) is 2.77. The minimum Gasteiger partial charge on any atom is -0.441 e. The molecule has 0 fully saturated rings. The molecule has 0 bridgehead atoms. The van der Waals surface area contributed by atoms with Crippen molar-refractivity contribution >= 4 is 17.0 Å². The van der Waals surface area contributed by atoms with Gasteiger partial charge in [-0.05, 0) is 32.4 Å². The number of nitrogens with zero attached hydrogens (tertiary/aromatic N) is 1. The molecule has 1 aromatic heterocycles. The fraction of sp³-hybridized carbons (Fsp3) is 0.429. The average Bonchev–Trinajstić information content (AvgIpc) is 2.72. The van der Waals surface area contributed by atoms with Crippen molar-refractivity contribution in [3.05, 3.63) is 29.7 Å². The van der Waals surface area contributed by atoms with Crippen LogP contribution in [0.4, 0.5) is 0 Å². The molecule has 1 heterocycles. The zero-order valence-electron chi connectivity index (χ0n) is 11.5. The minimum absolute atomic E-state index is 0.181. The van der Waals surface area contributed by atoms with E-state index >= 15 is 0 Å². The number of carbonyl (C=O) groups excluding carboxylic acids is 1. The lowest BCUT2D eigenvalue weighted by Gasteiger charge is -2.17. The summed E-state index contributed by atoms with van der Waals surface area (Å²) in [4.78, 5) is 16.0. The highest BCUT2D eigenvalue weighted by Crippen LogP contribution is 2.18. The summed E-state index contributed by atoms with van der Waals surface area (Å²) >= 11 is 0. The molecule has 0 atom stereocenters. The molecule has 1 amide bonds. The van der Waals surface area contributed by atoms with Gasteiger partial charge in [0.1, 0.15) is 5.52 Å². The molecule has 0 unspecified atom stereocenters. The summed E-state index contributed by atoms with van der Waals surface area (Å²) in [7, 11) is 0. The highest BCUT2D eigenvalue weighted by Gasteiger charge is 2.21. The number of para-hydroxylation sites is 1. The fourth-order valence-corrected chi connectivity index (χ4v) is 1.75. The Hall–Kier alpha value is -1.88. The van der Waals surface area contributed by atoms with E-state index in [1.807, 2.05) is 25.1 Å². The van der Waals surface area contributed by atoms with Gasteiger partial charge in [-0.25, -0.2) is 4.98 Å². The van der Waals surface area contributed by atoms with E-state index in [0.29, 0.717) is 18.9 Å². The lowest BCUT2D eigenvalue weighted by Crippen LogP contribution is -2.49. The second kappa shape index (κ2) is 5.01. The van der Waals surface area contributed by atoms with Crippen molar-refractivity contribution in [2.24, 2.45) is 5.73 Å². The van der Waals surface area contributed by atoms with Crippen LogP contribution in [-0.4, -0.2) is 23.0 Å². The number of benzene rings is 1. The van der Waals surface area contributed by atoms with E-state index in [4.69, 9.17) is 10.2 Å². The Kier molecular flexibility index (Phi) is 3.57. The summed E-state index contributed by atoms with van der Waals surface area (Å²) in [5.74, 6) is 0.444. The van der Waals surface area contributed by atoms with Gasteiger partial charge < -0.3 is 15.5 Å². The van der Waals surface area contributed by atoms with E-state index in [-0.39, 0.29) is 5.91 Å². The third-order valence-corrected chi connectivity index (χ3v) is 2.87. The standard InChI is InChI=1S/C14H19N3O2/c1-9-5-4-6-10-12(9)17-11(19-10)7-8-16-13(18)14(2,3)15/h4-6H,7-8,15H2,1-3H3,(H,16,18). The number of oxazole rings is 1. The highest BCUT2D eigenvalue weighted by molar-refractivity contribution is 5.85. The van der Waals surface area contributed by atoms with Gasteiger partial charge in [-0.1, -0.05) is 12.1 Å². The molecule has 0 aliphatic rings. The van der Waals surface area contributed by atoms with Gasteiger partial charge in [0.25, 0.3) is 0 Å². The molecule has 3 N–H and O–H groups in total. The highest BCUT2D eigenvalue weighted by atomic mass is 16.3. The molecule has 2 aromatic rings. The van der Waals surface area contributed by atoms with Gasteiger partial charge in [-0.15, -0.1) is 0 Å². The Morgan fingerprint density at radius 1 is 1.47 bits per heavy atom. The summed E-state index contributed by atoms with van der Waals surface area (Å²) in [6.07, 6.45) is 0.552. The number of hydrogen-bond donors (Lipinski definition) is 2. The first-order chi connectivity index (χ1) is 8.88. The Morgan fingerprint density at radius 2 is 2.21 bits per heavy atom. The lowest BCUT2D eigenvalue weighted by molar-refractivity contribution is -0.125. The van der Waals surface area contributed by atoms with Gasteiger partial charge in [0.2, 0.25) is 5.91 Å². The summed E-state index contributed by atoms with van der Waals surface area (Å²) in [5.41, 5.74) is 7.56. The molecule has 5 nitrogen and oxygen atoms in total. The van der Waals surface area contributed by atoms with E-state index in [9.17, 15) is 4.79 Å². The molecule has 0 saturated heterocycles. The molecule has 19 heavy (non-hydrogen) atoms. The Morgan fingerprint density at radius 3 is 2.84 bits per heavy atom. The molecule has 5 heteroatoms. The van der Waals surface area contributed by atoms with E-state index in [1.54, 1.807) is 13.8 Å². The monoisotopic (exact) mass is 261 g/mol. The first-order valence-electron chi connectivity index (χ1n) is 6.30. The topological polar surface area (TPSA) is 81.2 Å². The van der Waals surface area contributed by atoms with Crippen LogP contribution >= 0.6 is 0 Å². The summed E-state index contributed by atoms with van der Waals surface area (Å²) in [6.45, 7) is 5.80. The third kappa shape index (κ3) is 3.12. The maximum atomic E-state index is 11.6. The van der Waals surface area contributed by atoms with Crippen LogP contribution in [0.2, 0.25) is 0 Å². The SMILES string of the molecule is Cc1cccc2oc(CCNC(=O)C(C)(C)N)nc12. The van der Waals surface area contributed by atoms with E-state index in [2.05, 4.69) is 10.3 Å². The van der Waals surface area contributed by atoms with Gasteiger partial charge in [0, 0.05) is 13.0 Å². The van der Waals surface area contributed by atoms with Crippen LogP contribution in [0.5, 0.6) is 0 Å². The van der Waals surface area contributed by atoms with Crippen molar-refractivity contribution in [3.8, 4) is 0 Å². The van der Waals surface area contributed by atoms with Crippen molar-refractivity contribution in [1.29, 1.82) is 0 Å². The number of fused-ring (bicyclic) bond motifs is 1. The van der Waals surface area contributed by atoms with Crippen molar-refractivity contribution < 1.29 is 9.21 Å². The molecule has 0 saturated carbocycles. The number of amides is 1. The molecular weight excluding hydrogens is 242 g/mol. The largest absolute Gasteiger partial charge is 0.441 e.